The van der Waals surface area contributed by atoms with E-state index in [1.54, 1.807) is 0 Å². The first kappa shape index (κ1) is 9.60. The zero-order valence-electron chi connectivity index (χ0n) is 8.55. The summed E-state index contributed by atoms with van der Waals surface area (Å²) < 4.78 is 5.65. The number of carbonyl (C=O) groups excluding carboxylic acids is 1. The molecule has 0 fully saturated rings. The van der Waals surface area contributed by atoms with E-state index in [0.29, 0.717) is 6.42 Å². The Labute approximate surface area is 97.5 Å². The lowest BCUT2D eigenvalue weighted by Crippen LogP contribution is -2.24. The molecule has 1 atom stereocenters. The highest BCUT2D eigenvalue weighted by Crippen LogP contribution is 2.30. The minimum absolute atomic E-state index is 0.0891. The molecule has 0 spiro atoms. The van der Waals surface area contributed by atoms with Crippen molar-refractivity contribution < 1.29 is 9.53 Å². The second kappa shape index (κ2) is 3.76. The van der Waals surface area contributed by atoms with E-state index in [1.807, 2.05) is 41.8 Å². The molecule has 0 N–H and O–H groups in total. The average molecular weight is 230 g/mol. The van der Waals surface area contributed by atoms with Crippen molar-refractivity contribution in [3.8, 4) is 5.75 Å². The Balaban J connectivity index is 1.84. The van der Waals surface area contributed by atoms with Gasteiger partial charge in [0.2, 0.25) is 5.78 Å². The zero-order chi connectivity index (χ0) is 11.0. The molecule has 0 radical (unpaired) electrons. The Kier molecular flexibility index (Phi) is 2.26. The second-order valence-corrected chi connectivity index (χ2v) is 4.71. The first-order valence-corrected chi connectivity index (χ1v) is 6.05. The number of thiophene rings is 1. The number of ether oxygens (including phenoxy) is 1. The van der Waals surface area contributed by atoms with Crippen LogP contribution in [0, 0.1) is 0 Å². The van der Waals surface area contributed by atoms with Gasteiger partial charge in [0.15, 0.2) is 6.10 Å². The van der Waals surface area contributed by atoms with Crippen molar-refractivity contribution in [1.82, 2.24) is 0 Å². The van der Waals surface area contributed by atoms with Crippen LogP contribution in [-0.4, -0.2) is 11.9 Å². The summed E-state index contributed by atoms with van der Waals surface area (Å²) in [6.45, 7) is 0. The zero-order valence-corrected chi connectivity index (χ0v) is 9.37. The van der Waals surface area contributed by atoms with Crippen LogP contribution in [0.1, 0.15) is 15.2 Å². The number of ketones is 1. The van der Waals surface area contributed by atoms with Gasteiger partial charge in [0, 0.05) is 6.42 Å². The quantitative estimate of drug-likeness (QED) is 0.741. The van der Waals surface area contributed by atoms with Crippen molar-refractivity contribution in [2.24, 2.45) is 0 Å². The molecule has 1 aromatic heterocycles. The molecule has 0 bridgehead atoms. The van der Waals surface area contributed by atoms with Crippen LogP contribution in [0.5, 0.6) is 5.75 Å². The van der Waals surface area contributed by atoms with E-state index in [2.05, 4.69) is 0 Å². The SMILES string of the molecule is O=C(c1cccs1)C1Cc2ccccc2O1. The summed E-state index contributed by atoms with van der Waals surface area (Å²) in [6.07, 6.45) is 0.350. The molecular formula is C13H10O2S. The normalized spacial score (nSPS) is 17.9. The molecule has 0 saturated carbocycles. The Morgan fingerprint density at radius 1 is 1.25 bits per heavy atom. The average Bonchev–Trinajstić information content (AvgIpc) is 2.97. The van der Waals surface area contributed by atoms with Crippen LogP contribution in [0.25, 0.3) is 0 Å². The number of fused-ring (bicyclic) bond motifs is 1. The van der Waals surface area contributed by atoms with E-state index >= 15 is 0 Å². The monoisotopic (exact) mass is 230 g/mol. The first-order chi connectivity index (χ1) is 7.84. The van der Waals surface area contributed by atoms with Gasteiger partial charge in [-0.2, -0.15) is 0 Å². The van der Waals surface area contributed by atoms with Gasteiger partial charge < -0.3 is 4.74 Å². The number of hydrogen-bond acceptors (Lipinski definition) is 3. The molecule has 0 aliphatic carbocycles. The number of hydrogen-bond donors (Lipinski definition) is 0. The predicted molar refractivity (Wildman–Crippen MR) is 63.2 cm³/mol. The van der Waals surface area contributed by atoms with Gasteiger partial charge in [-0.1, -0.05) is 24.3 Å². The lowest BCUT2D eigenvalue weighted by atomic mass is 10.1. The molecule has 1 aromatic carbocycles. The molecule has 2 heterocycles. The molecule has 2 nitrogen and oxygen atoms in total. The summed E-state index contributed by atoms with van der Waals surface area (Å²) in [5.41, 5.74) is 1.12. The van der Waals surface area contributed by atoms with Gasteiger partial charge in [-0.25, -0.2) is 0 Å². The number of carbonyl (C=O) groups is 1. The van der Waals surface area contributed by atoms with E-state index in [4.69, 9.17) is 4.74 Å². The Morgan fingerprint density at radius 3 is 2.88 bits per heavy atom. The number of para-hydroxylation sites is 1. The lowest BCUT2D eigenvalue weighted by Gasteiger charge is -2.07. The van der Waals surface area contributed by atoms with E-state index in [-0.39, 0.29) is 11.9 Å². The summed E-state index contributed by atoms with van der Waals surface area (Å²) in [4.78, 5) is 12.8. The van der Waals surface area contributed by atoms with E-state index in [0.717, 1.165) is 16.2 Å². The second-order valence-electron chi connectivity index (χ2n) is 3.76. The largest absolute Gasteiger partial charge is 0.482 e. The number of benzene rings is 1. The lowest BCUT2D eigenvalue weighted by molar-refractivity contribution is 0.0829. The van der Waals surface area contributed by atoms with Crippen molar-refractivity contribution in [1.29, 1.82) is 0 Å². The van der Waals surface area contributed by atoms with Crippen LogP contribution in [0.3, 0.4) is 0 Å². The van der Waals surface area contributed by atoms with E-state index < -0.39 is 0 Å². The third-order valence-corrected chi connectivity index (χ3v) is 3.59. The van der Waals surface area contributed by atoms with Crippen molar-refractivity contribution in [2.75, 3.05) is 0 Å². The molecular weight excluding hydrogens is 220 g/mol. The van der Waals surface area contributed by atoms with Crippen molar-refractivity contribution in [3.63, 3.8) is 0 Å². The van der Waals surface area contributed by atoms with Crippen LogP contribution in [-0.2, 0) is 6.42 Å². The van der Waals surface area contributed by atoms with Gasteiger partial charge in [0.1, 0.15) is 5.75 Å². The standard InChI is InChI=1S/C13H10O2S/c14-13(12-6-3-7-16-12)11-8-9-4-1-2-5-10(9)15-11/h1-7,11H,8H2. The number of Topliss-reactive ketones (excluding diaryl/α,β-unsaturated/α-hetero) is 1. The maximum absolute atomic E-state index is 12.1. The Bertz CT molecular complexity index is 491. The fourth-order valence-corrected chi connectivity index (χ4v) is 2.61. The Morgan fingerprint density at radius 2 is 2.12 bits per heavy atom. The summed E-state index contributed by atoms with van der Waals surface area (Å²) >= 11 is 1.47. The Hall–Kier alpha value is -1.61. The molecule has 0 saturated heterocycles. The minimum Gasteiger partial charge on any atom is -0.482 e. The molecule has 16 heavy (non-hydrogen) atoms. The highest BCUT2D eigenvalue weighted by Gasteiger charge is 2.29. The van der Waals surface area contributed by atoms with Gasteiger partial charge in [-0.15, -0.1) is 11.3 Å². The first-order valence-electron chi connectivity index (χ1n) is 5.17. The third kappa shape index (κ3) is 1.53. The molecule has 80 valence electrons. The fourth-order valence-electron chi connectivity index (χ4n) is 1.91. The predicted octanol–water partition coefficient (Wildman–Crippen LogP) is 2.93. The topological polar surface area (TPSA) is 26.3 Å². The summed E-state index contributed by atoms with van der Waals surface area (Å²) in [5.74, 6) is 0.934. The highest BCUT2D eigenvalue weighted by atomic mass is 32.1. The smallest absolute Gasteiger partial charge is 0.213 e. The van der Waals surface area contributed by atoms with Gasteiger partial charge >= 0.3 is 0 Å². The molecule has 0 amide bonds. The molecule has 1 unspecified atom stereocenters. The van der Waals surface area contributed by atoms with Crippen LogP contribution in [0.15, 0.2) is 41.8 Å². The molecule has 1 aliphatic heterocycles. The van der Waals surface area contributed by atoms with Crippen molar-refractivity contribution >= 4 is 17.1 Å². The maximum atomic E-state index is 12.1. The fraction of sp³-hybridized carbons (Fsp3) is 0.154. The van der Waals surface area contributed by atoms with Crippen LogP contribution in [0.4, 0.5) is 0 Å². The van der Waals surface area contributed by atoms with Gasteiger partial charge in [0.25, 0.3) is 0 Å². The summed E-state index contributed by atoms with van der Waals surface area (Å²) in [5, 5.41) is 1.91. The van der Waals surface area contributed by atoms with Gasteiger partial charge in [-0.3, -0.25) is 4.79 Å². The number of rotatable bonds is 2. The molecule has 3 rings (SSSR count). The highest BCUT2D eigenvalue weighted by molar-refractivity contribution is 7.12. The van der Waals surface area contributed by atoms with Gasteiger partial charge in [0.05, 0.1) is 4.88 Å². The molecule has 2 aromatic rings. The van der Waals surface area contributed by atoms with Gasteiger partial charge in [-0.05, 0) is 23.1 Å². The van der Waals surface area contributed by atoms with Crippen molar-refractivity contribution in [2.45, 2.75) is 12.5 Å². The maximum Gasteiger partial charge on any atom is 0.213 e. The van der Waals surface area contributed by atoms with E-state index in [9.17, 15) is 4.79 Å². The molecule has 3 heteroatoms. The summed E-state index contributed by atoms with van der Waals surface area (Å²) in [7, 11) is 0. The van der Waals surface area contributed by atoms with Crippen molar-refractivity contribution in [3.05, 3.63) is 52.2 Å². The minimum atomic E-state index is -0.337. The van der Waals surface area contributed by atoms with Crippen LogP contribution >= 0.6 is 11.3 Å². The molecule has 1 aliphatic rings. The van der Waals surface area contributed by atoms with Crippen LogP contribution < -0.4 is 4.74 Å². The summed E-state index contributed by atoms with van der Waals surface area (Å²) in [6, 6.07) is 11.6. The third-order valence-electron chi connectivity index (χ3n) is 2.70. The van der Waals surface area contributed by atoms with Crippen LogP contribution in [0.2, 0.25) is 0 Å². The van der Waals surface area contributed by atoms with E-state index in [1.165, 1.54) is 11.3 Å².